The molecule has 1 N–H and O–H groups in total. The van der Waals surface area contributed by atoms with E-state index in [1.165, 1.54) is 22.3 Å². The molecule has 1 unspecified atom stereocenters. The van der Waals surface area contributed by atoms with Crippen LogP contribution in [-0.2, 0) is 17.6 Å². The van der Waals surface area contributed by atoms with E-state index in [4.69, 9.17) is 0 Å². The van der Waals surface area contributed by atoms with Gasteiger partial charge in [-0.15, -0.1) is 0 Å². The molecule has 0 bridgehead atoms. The summed E-state index contributed by atoms with van der Waals surface area (Å²) >= 11 is 0. The normalized spacial score (nSPS) is 17.1. The smallest absolute Gasteiger partial charge is 0.219 e. The summed E-state index contributed by atoms with van der Waals surface area (Å²) in [5.74, 6) is 0.166. The average Bonchev–Trinajstić information content (AvgIpc) is 2.51. The summed E-state index contributed by atoms with van der Waals surface area (Å²) in [6.45, 7) is 1.89. The fourth-order valence-electron chi connectivity index (χ4n) is 2.81. The molecule has 4 rings (SSSR count). The lowest BCUT2D eigenvalue weighted by Crippen LogP contribution is -2.38. The number of hydrogen-bond acceptors (Lipinski definition) is 1. The lowest BCUT2D eigenvalue weighted by atomic mass is 9.88. The second-order valence-corrected chi connectivity index (χ2v) is 5.71. The van der Waals surface area contributed by atoms with Gasteiger partial charge in [0.15, 0.2) is 0 Å². The highest BCUT2D eigenvalue weighted by Crippen LogP contribution is 2.29. The number of fused-ring (bicyclic) bond motifs is 2. The van der Waals surface area contributed by atoms with E-state index in [-0.39, 0.29) is 5.91 Å². The predicted molar refractivity (Wildman–Crippen MR) is 86.1 cm³/mol. The van der Waals surface area contributed by atoms with Gasteiger partial charge in [-0.2, -0.15) is 0 Å². The van der Waals surface area contributed by atoms with Crippen molar-refractivity contribution >= 4 is 5.91 Å². The molecule has 1 aromatic carbocycles. The van der Waals surface area contributed by atoms with Gasteiger partial charge >= 0.3 is 0 Å². The summed E-state index contributed by atoms with van der Waals surface area (Å²) in [6.07, 6.45) is 3.73. The van der Waals surface area contributed by atoms with Crippen molar-refractivity contribution in [2.24, 2.45) is 0 Å². The molecule has 0 aromatic heterocycles. The van der Waals surface area contributed by atoms with Crippen molar-refractivity contribution in [2.45, 2.75) is 38.6 Å². The number of carbonyl (C=O) groups excluding carboxylic acids is 1. The Balaban J connectivity index is 0.000000180. The van der Waals surface area contributed by atoms with Crippen molar-refractivity contribution < 1.29 is 4.79 Å². The summed E-state index contributed by atoms with van der Waals surface area (Å²) < 4.78 is 0. The number of carbonyl (C=O) groups is 1. The summed E-state index contributed by atoms with van der Waals surface area (Å²) in [6, 6.07) is 17.3. The lowest BCUT2D eigenvalue weighted by molar-refractivity contribution is -0.121. The highest BCUT2D eigenvalue weighted by Gasteiger charge is 2.18. The molecule has 0 saturated heterocycles. The van der Waals surface area contributed by atoms with Crippen LogP contribution in [0.15, 0.2) is 48.5 Å². The van der Waals surface area contributed by atoms with Crippen LogP contribution in [0.25, 0.3) is 11.1 Å². The Morgan fingerprint density at radius 3 is 2.19 bits per heavy atom. The van der Waals surface area contributed by atoms with Crippen LogP contribution < -0.4 is 5.32 Å². The second-order valence-electron chi connectivity index (χ2n) is 5.71. The first-order chi connectivity index (χ1) is 10.3. The van der Waals surface area contributed by atoms with E-state index >= 15 is 0 Å². The van der Waals surface area contributed by atoms with Gasteiger partial charge in [0, 0.05) is 12.5 Å². The molecule has 1 aromatic rings. The number of amides is 1. The van der Waals surface area contributed by atoms with Crippen LogP contribution in [0.1, 0.15) is 30.9 Å². The lowest BCUT2D eigenvalue weighted by Gasteiger charge is -2.25. The maximum Gasteiger partial charge on any atom is 0.219 e. The number of aryl methyl sites for hydroxylation is 1. The Hall–Kier alpha value is -2.09. The Kier molecular flexibility index (Phi) is 4.05. The molecule has 0 fully saturated rings. The Morgan fingerprint density at radius 2 is 1.67 bits per heavy atom. The fourth-order valence-corrected chi connectivity index (χ4v) is 2.81. The third-order valence-electron chi connectivity index (χ3n) is 4.25. The van der Waals surface area contributed by atoms with Gasteiger partial charge in [-0.05, 0) is 41.5 Å². The quantitative estimate of drug-likeness (QED) is 0.760. The van der Waals surface area contributed by atoms with Crippen LogP contribution in [0.3, 0.4) is 0 Å². The molecule has 0 heterocycles. The van der Waals surface area contributed by atoms with Gasteiger partial charge in [0.2, 0.25) is 5.91 Å². The summed E-state index contributed by atoms with van der Waals surface area (Å²) in [4.78, 5) is 11.3. The van der Waals surface area contributed by atoms with Crippen LogP contribution in [0.5, 0.6) is 0 Å². The van der Waals surface area contributed by atoms with Gasteiger partial charge in [0.05, 0.1) is 0 Å². The number of benzene rings is 2. The average molecular weight is 279 g/mol. The molecule has 0 spiro atoms. The molecule has 0 aliphatic heterocycles. The first-order valence-electron chi connectivity index (χ1n) is 7.73. The third kappa shape index (κ3) is 3.15. The van der Waals surface area contributed by atoms with Crippen LogP contribution in [0, 0.1) is 0 Å². The van der Waals surface area contributed by atoms with Crippen molar-refractivity contribution in [3.05, 3.63) is 59.7 Å². The second kappa shape index (κ2) is 6.13. The zero-order valence-corrected chi connectivity index (χ0v) is 12.4. The maximum absolute atomic E-state index is 11.3. The molecular formula is C19H21NO. The molecule has 2 nitrogen and oxygen atoms in total. The molecule has 0 saturated carbocycles. The van der Waals surface area contributed by atoms with Crippen molar-refractivity contribution in [2.75, 3.05) is 0 Å². The topological polar surface area (TPSA) is 29.1 Å². The number of rotatable bonds is 2. The summed E-state index contributed by atoms with van der Waals surface area (Å²) in [5.41, 5.74) is 5.69. The molecule has 1 atom stereocenters. The van der Waals surface area contributed by atoms with E-state index in [9.17, 15) is 4.79 Å². The van der Waals surface area contributed by atoms with Crippen molar-refractivity contribution in [1.29, 1.82) is 0 Å². The molecule has 1 amide bonds. The minimum absolute atomic E-state index is 0.166. The van der Waals surface area contributed by atoms with Crippen molar-refractivity contribution in [1.82, 2.24) is 5.32 Å². The predicted octanol–water partition coefficient (Wildman–Crippen LogP) is 3.74. The first-order valence-corrected chi connectivity index (χ1v) is 7.73. The highest BCUT2D eigenvalue weighted by atomic mass is 16.1. The Bertz CT molecular complexity index is 609. The van der Waals surface area contributed by atoms with Gasteiger partial charge in [0.1, 0.15) is 0 Å². The SMILES string of the molecule is CCC(=O)NC1CCc2ccccc2C1.c1cc2ccc1-2. The van der Waals surface area contributed by atoms with Gasteiger partial charge in [-0.25, -0.2) is 0 Å². The van der Waals surface area contributed by atoms with E-state index < -0.39 is 0 Å². The third-order valence-corrected chi connectivity index (χ3v) is 4.25. The molecule has 108 valence electrons. The molecule has 2 heteroatoms. The number of hydrogen-bond donors (Lipinski definition) is 1. The van der Waals surface area contributed by atoms with Crippen molar-refractivity contribution in [3.8, 4) is 11.1 Å². The van der Waals surface area contributed by atoms with Crippen LogP contribution in [0.4, 0.5) is 0 Å². The number of nitrogens with one attached hydrogen (secondary N) is 1. The molecule has 3 aliphatic rings. The monoisotopic (exact) mass is 279 g/mol. The Morgan fingerprint density at radius 1 is 1.05 bits per heavy atom. The van der Waals surface area contributed by atoms with Gasteiger partial charge in [0.25, 0.3) is 0 Å². The minimum Gasteiger partial charge on any atom is -0.353 e. The molecule has 3 aliphatic carbocycles. The molecular weight excluding hydrogens is 258 g/mol. The van der Waals surface area contributed by atoms with Gasteiger partial charge in [-0.1, -0.05) is 55.5 Å². The van der Waals surface area contributed by atoms with E-state index in [1.807, 2.05) is 6.92 Å². The largest absolute Gasteiger partial charge is 0.353 e. The van der Waals surface area contributed by atoms with Gasteiger partial charge in [-0.3, -0.25) is 4.79 Å². The Labute approximate surface area is 126 Å². The summed E-state index contributed by atoms with van der Waals surface area (Å²) in [5, 5.41) is 3.07. The van der Waals surface area contributed by atoms with E-state index in [2.05, 4.69) is 53.8 Å². The molecule has 0 radical (unpaired) electrons. The van der Waals surface area contributed by atoms with Crippen molar-refractivity contribution in [3.63, 3.8) is 0 Å². The van der Waals surface area contributed by atoms with Crippen LogP contribution >= 0.6 is 0 Å². The zero-order valence-electron chi connectivity index (χ0n) is 12.4. The van der Waals surface area contributed by atoms with E-state index in [0.29, 0.717) is 12.5 Å². The minimum atomic E-state index is 0.166. The highest BCUT2D eigenvalue weighted by molar-refractivity contribution is 5.76. The van der Waals surface area contributed by atoms with Crippen LogP contribution in [0.2, 0.25) is 0 Å². The molecule has 21 heavy (non-hydrogen) atoms. The maximum atomic E-state index is 11.3. The van der Waals surface area contributed by atoms with E-state index in [0.717, 1.165) is 19.3 Å². The fraction of sp³-hybridized carbons (Fsp3) is 0.316. The van der Waals surface area contributed by atoms with E-state index in [1.54, 1.807) is 0 Å². The standard InChI is InChI=1S/C13H17NO.C6H4/c1-2-13(15)14-12-8-7-10-5-3-4-6-11(10)9-12;1-2-6-4-3-5(1)6/h3-6,12H,2,7-9H2,1H3,(H,14,15);1-4H. The van der Waals surface area contributed by atoms with Gasteiger partial charge < -0.3 is 5.32 Å². The first kappa shape index (κ1) is 13.9. The zero-order chi connectivity index (χ0) is 14.7. The summed E-state index contributed by atoms with van der Waals surface area (Å²) in [7, 11) is 0. The van der Waals surface area contributed by atoms with Crippen LogP contribution in [-0.4, -0.2) is 11.9 Å².